The zero-order valence-electron chi connectivity index (χ0n) is 7.22. The molecule has 0 rings (SSSR count). The molecule has 0 atom stereocenters. The molecule has 0 bridgehead atoms. The van der Waals surface area contributed by atoms with Gasteiger partial charge in [-0.1, -0.05) is 24.6 Å². The summed E-state index contributed by atoms with van der Waals surface area (Å²) in [5.41, 5.74) is 1.56. The molecule has 0 aliphatic carbocycles. The predicted octanol–water partition coefficient (Wildman–Crippen LogP) is 2.37. The van der Waals surface area contributed by atoms with Crippen molar-refractivity contribution >= 4 is 5.97 Å². The molecule has 0 aliphatic heterocycles. The molecule has 0 aromatic rings. The largest absolute Gasteiger partial charge is 0.478 e. The van der Waals surface area contributed by atoms with E-state index in [4.69, 9.17) is 5.11 Å². The Morgan fingerprint density at radius 1 is 1.36 bits per heavy atom. The second kappa shape index (κ2) is 4.72. The number of carbonyl (C=O) groups is 1. The summed E-state index contributed by atoms with van der Waals surface area (Å²) < 4.78 is 0. The molecule has 2 nitrogen and oxygen atoms in total. The molecule has 0 saturated carbocycles. The minimum absolute atomic E-state index is 0.450. The Bertz CT molecular complexity index is 196. The van der Waals surface area contributed by atoms with E-state index in [1.165, 1.54) is 0 Å². The Hall–Kier alpha value is -1.05. The lowest BCUT2D eigenvalue weighted by Crippen LogP contribution is -1.98. The quantitative estimate of drug-likeness (QED) is 0.500. The van der Waals surface area contributed by atoms with Crippen molar-refractivity contribution < 1.29 is 9.90 Å². The summed E-state index contributed by atoms with van der Waals surface area (Å²) in [7, 11) is 0. The number of carboxylic acid groups (broad SMARTS) is 1. The van der Waals surface area contributed by atoms with Crippen molar-refractivity contribution in [3.8, 4) is 0 Å². The number of carboxylic acids is 1. The van der Waals surface area contributed by atoms with Gasteiger partial charge in [0.1, 0.15) is 0 Å². The average Bonchev–Trinajstić information content (AvgIpc) is 1.87. The molecule has 0 aliphatic rings. The molecule has 0 unspecified atom stereocenters. The van der Waals surface area contributed by atoms with Crippen LogP contribution >= 0.6 is 0 Å². The van der Waals surface area contributed by atoms with E-state index < -0.39 is 5.97 Å². The van der Waals surface area contributed by atoms with Gasteiger partial charge in [-0.2, -0.15) is 0 Å². The van der Waals surface area contributed by atoms with Crippen molar-refractivity contribution in [2.75, 3.05) is 0 Å². The van der Waals surface area contributed by atoms with Gasteiger partial charge < -0.3 is 5.11 Å². The van der Waals surface area contributed by atoms with Gasteiger partial charge in [0.25, 0.3) is 0 Å². The maximum Gasteiger partial charge on any atom is 0.331 e. The van der Waals surface area contributed by atoms with Crippen LogP contribution < -0.4 is 0 Å². The Morgan fingerprint density at radius 2 is 1.91 bits per heavy atom. The second-order valence-corrected chi connectivity index (χ2v) is 2.59. The summed E-state index contributed by atoms with van der Waals surface area (Å²) in [4.78, 5) is 10.4. The van der Waals surface area contributed by atoms with E-state index in [9.17, 15) is 4.79 Å². The van der Waals surface area contributed by atoms with Gasteiger partial charge in [-0.25, -0.2) is 4.79 Å². The normalized spacial score (nSPS) is 11.0. The minimum atomic E-state index is -0.829. The lowest BCUT2D eigenvalue weighted by Gasteiger charge is -1.93. The first kappa shape index (κ1) is 9.95. The summed E-state index contributed by atoms with van der Waals surface area (Å²) in [5.74, 6) is -0.829. The Kier molecular flexibility index (Phi) is 4.27. The summed E-state index contributed by atoms with van der Waals surface area (Å²) in [5, 5.41) is 8.59. The number of aliphatic carboxylic acids is 1. The lowest BCUT2D eigenvalue weighted by molar-refractivity contribution is -0.132. The van der Waals surface area contributed by atoms with E-state index in [-0.39, 0.29) is 0 Å². The average molecular weight is 154 g/mol. The van der Waals surface area contributed by atoms with Gasteiger partial charge in [-0.05, 0) is 20.3 Å². The molecule has 0 saturated heterocycles. The third kappa shape index (κ3) is 4.37. The molecule has 0 aromatic carbocycles. The molecular weight excluding hydrogens is 140 g/mol. The first-order chi connectivity index (χ1) is 5.07. The molecule has 62 valence electrons. The fourth-order valence-corrected chi connectivity index (χ4v) is 0.608. The Labute approximate surface area is 67.2 Å². The van der Waals surface area contributed by atoms with Gasteiger partial charge in [-0.3, -0.25) is 0 Å². The van der Waals surface area contributed by atoms with Crippen LogP contribution in [-0.4, -0.2) is 11.1 Å². The van der Waals surface area contributed by atoms with E-state index in [1.54, 1.807) is 6.08 Å². The summed E-state index contributed by atoms with van der Waals surface area (Å²) >= 11 is 0. The zero-order chi connectivity index (χ0) is 8.85. The fourth-order valence-electron chi connectivity index (χ4n) is 0.608. The van der Waals surface area contributed by atoms with Crippen LogP contribution in [0.4, 0.5) is 0 Å². The van der Waals surface area contributed by atoms with E-state index in [1.807, 2.05) is 26.8 Å². The van der Waals surface area contributed by atoms with Crippen molar-refractivity contribution in [3.63, 3.8) is 0 Å². The molecule has 0 spiro atoms. The number of allylic oxidation sites excluding steroid dienone is 3. The fraction of sp³-hybridized carbons (Fsp3) is 0.444. The topological polar surface area (TPSA) is 37.3 Å². The molecule has 0 aromatic heterocycles. The highest BCUT2D eigenvalue weighted by molar-refractivity contribution is 5.86. The van der Waals surface area contributed by atoms with Crippen molar-refractivity contribution in [1.82, 2.24) is 0 Å². The first-order valence-electron chi connectivity index (χ1n) is 3.65. The van der Waals surface area contributed by atoms with Crippen LogP contribution in [0, 0.1) is 0 Å². The van der Waals surface area contributed by atoms with Crippen molar-refractivity contribution in [1.29, 1.82) is 0 Å². The van der Waals surface area contributed by atoms with E-state index in [2.05, 4.69) is 0 Å². The van der Waals surface area contributed by atoms with Crippen LogP contribution in [0.3, 0.4) is 0 Å². The van der Waals surface area contributed by atoms with Gasteiger partial charge >= 0.3 is 5.97 Å². The molecule has 0 amide bonds. The molecular formula is C9H14O2. The highest BCUT2D eigenvalue weighted by atomic mass is 16.4. The van der Waals surface area contributed by atoms with E-state index in [0.717, 1.165) is 5.57 Å². The Morgan fingerprint density at radius 3 is 2.18 bits per heavy atom. The van der Waals surface area contributed by atoms with Crippen LogP contribution in [0.25, 0.3) is 0 Å². The van der Waals surface area contributed by atoms with Crippen LogP contribution in [0.15, 0.2) is 23.3 Å². The van der Waals surface area contributed by atoms with Gasteiger partial charge in [0, 0.05) is 5.57 Å². The van der Waals surface area contributed by atoms with Crippen LogP contribution in [0.1, 0.15) is 27.2 Å². The van der Waals surface area contributed by atoms with Crippen LogP contribution in [0.5, 0.6) is 0 Å². The molecule has 0 heterocycles. The zero-order valence-corrected chi connectivity index (χ0v) is 7.22. The SMILES string of the molecule is CC/C(=C/C=C(C)C)C(=O)O. The van der Waals surface area contributed by atoms with Gasteiger partial charge in [0.05, 0.1) is 0 Å². The monoisotopic (exact) mass is 154 g/mol. The van der Waals surface area contributed by atoms with Gasteiger partial charge in [0.15, 0.2) is 0 Å². The number of hydrogen-bond donors (Lipinski definition) is 1. The van der Waals surface area contributed by atoms with E-state index >= 15 is 0 Å². The molecule has 1 N–H and O–H groups in total. The maximum absolute atomic E-state index is 10.4. The maximum atomic E-state index is 10.4. The van der Waals surface area contributed by atoms with Crippen molar-refractivity contribution in [3.05, 3.63) is 23.3 Å². The smallest absolute Gasteiger partial charge is 0.331 e. The molecule has 2 heteroatoms. The summed E-state index contributed by atoms with van der Waals surface area (Å²) in [6, 6.07) is 0. The summed E-state index contributed by atoms with van der Waals surface area (Å²) in [6.07, 6.45) is 4.03. The van der Waals surface area contributed by atoms with E-state index in [0.29, 0.717) is 12.0 Å². The van der Waals surface area contributed by atoms with Crippen LogP contribution in [0.2, 0.25) is 0 Å². The highest BCUT2D eigenvalue weighted by Gasteiger charge is 2.00. The Balaban J connectivity index is 4.37. The third-order valence-corrected chi connectivity index (χ3v) is 1.27. The van der Waals surface area contributed by atoms with Gasteiger partial charge in [-0.15, -0.1) is 0 Å². The lowest BCUT2D eigenvalue weighted by atomic mass is 10.2. The standard InChI is InChI=1S/C9H14O2/c1-4-8(9(10)11)6-5-7(2)3/h5-6H,4H2,1-3H3,(H,10,11)/b8-6-. The first-order valence-corrected chi connectivity index (χ1v) is 3.65. The van der Waals surface area contributed by atoms with Crippen molar-refractivity contribution in [2.45, 2.75) is 27.2 Å². The summed E-state index contributed by atoms with van der Waals surface area (Å²) in [6.45, 7) is 5.70. The van der Waals surface area contributed by atoms with Crippen molar-refractivity contribution in [2.24, 2.45) is 0 Å². The predicted molar refractivity (Wildman–Crippen MR) is 45.4 cm³/mol. The minimum Gasteiger partial charge on any atom is -0.478 e. The number of rotatable bonds is 3. The van der Waals surface area contributed by atoms with Gasteiger partial charge in [0.2, 0.25) is 0 Å². The third-order valence-electron chi connectivity index (χ3n) is 1.27. The second-order valence-electron chi connectivity index (χ2n) is 2.59. The molecule has 0 fully saturated rings. The van der Waals surface area contributed by atoms with Crippen LogP contribution in [-0.2, 0) is 4.79 Å². The highest BCUT2D eigenvalue weighted by Crippen LogP contribution is 2.02. The number of hydrogen-bond acceptors (Lipinski definition) is 1. The molecule has 11 heavy (non-hydrogen) atoms. The molecule has 0 radical (unpaired) electrons.